The second-order valence-corrected chi connectivity index (χ2v) is 3.61. The van der Waals surface area contributed by atoms with Crippen LogP contribution in [0.2, 0.25) is 0 Å². The van der Waals surface area contributed by atoms with Crippen molar-refractivity contribution < 1.29 is 19.4 Å². The van der Waals surface area contributed by atoms with Crippen LogP contribution in [0.4, 0.5) is 4.39 Å². The number of fused-ring (bicyclic) bond motifs is 1. The lowest BCUT2D eigenvalue weighted by atomic mass is 10.3. The summed E-state index contributed by atoms with van der Waals surface area (Å²) in [4.78, 5) is 14.7. The van der Waals surface area contributed by atoms with Gasteiger partial charge in [0.05, 0.1) is 17.6 Å². The Morgan fingerprint density at radius 1 is 1.47 bits per heavy atom. The molecule has 0 saturated carbocycles. The number of aliphatic hydroxyl groups excluding tert-OH is 1. The normalized spacial score (nSPS) is 10.9. The SMILES string of the molecule is O=C(O)Cc1nc2cc(F)ccc2n1CCO. The summed E-state index contributed by atoms with van der Waals surface area (Å²) in [5.74, 6) is -1.12. The molecule has 17 heavy (non-hydrogen) atoms. The minimum absolute atomic E-state index is 0.130. The van der Waals surface area contributed by atoms with Gasteiger partial charge in [0.25, 0.3) is 0 Å². The highest BCUT2D eigenvalue weighted by atomic mass is 19.1. The number of rotatable bonds is 4. The molecular weight excluding hydrogens is 227 g/mol. The number of carboxylic acid groups (broad SMARTS) is 1. The quantitative estimate of drug-likeness (QED) is 0.825. The van der Waals surface area contributed by atoms with Gasteiger partial charge < -0.3 is 14.8 Å². The largest absolute Gasteiger partial charge is 0.481 e. The number of aliphatic carboxylic acids is 1. The molecule has 0 bridgehead atoms. The number of carboxylic acids is 1. The first-order chi connectivity index (χ1) is 8.11. The lowest BCUT2D eigenvalue weighted by molar-refractivity contribution is -0.136. The van der Waals surface area contributed by atoms with Crippen molar-refractivity contribution in [3.63, 3.8) is 0 Å². The van der Waals surface area contributed by atoms with Gasteiger partial charge in [0, 0.05) is 12.6 Å². The van der Waals surface area contributed by atoms with Crippen LogP contribution in [-0.2, 0) is 17.8 Å². The maximum absolute atomic E-state index is 13.0. The molecule has 0 amide bonds. The fourth-order valence-electron chi connectivity index (χ4n) is 1.77. The van der Waals surface area contributed by atoms with E-state index in [2.05, 4.69) is 4.98 Å². The summed E-state index contributed by atoms with van der Waals surface area (Å²) < 4.78 is 14.6. The second kappa shape index (κ2) is 4.50. The van der Waals surface area contributed by atoms with Gasteiger partial charge in [-0.05, 0) is 12.1 Å². The summed E-state index contributed by atoms with van der Waals surface area (Å²) in [6.45, 7) is 0.111. The Morgan fingerprint density at radius 2 is 2.24 bits per heavy atom. The number of benzene rings is 1. The molecule has 0 aliphatic carbocycles. The van der Waals surface area contributed by atoms with Crippen molar-refractivity contribution in [3.05, 3.63) is 29.8 Å². The molecule has 6 heteroatoms. The van der Waals surface area contributed by atoms with Gasteiger partial charge in [-0.2, -0.15) is 0 Å². The van der Waals surface area contributed by atoms with Crippen molar-refractivity contribution in [2.75, 3.05) is 6.61 Å². The molecule has 0 spiro atoms. The number of carbonyl (C=O) groups is 1. The summed E-state index contributed by atoms with van der Waals surface area (Å²) in [5, 5.41) is 17.7. The fraction of sp³-hybridized carbons (Fsp3) is 0.273. The standard InChI is InChI=1S/C11H11FN2O3/c12-7-1-2-9-8(5-7)13-10(6-11(16)17)14(9)3-4-15/h1-2,5,15H,3-4,6H2,(H,16,17). The lowest BCUT2D eigenvalue weighted by Gasteiger charge is -2.05. The number of aliphatic hydroxyl groups is 1. The first-order valence-corrected chi connectivity index (χ1v) is 5.09. The number of hydrogen-bond acceptors (Lipinski definition) is 3. The van der Waals surface area contributed by atoms with E-state index in [0.29, 0.717) is 16.9 Å². The molecule has 1 aromatic heterocycles. The minimum atomic E-state index is -1.01. The van der Waals surface area contributed by atoms with Gasteiger partial charge in [0.15, 0.2) is 0 Å². The zero-order chi connectivity index (χ0) is 12.4. The molecule has 0 unspecified atom stereocenters. The third-order valence-corrected chi connectivity index (χ3v) is 2.42. The fourth-order valence-corrected chi connectivity index (χ4v) is 1.77. The lowest BCUT2D eigenvalue weighted by Crippen LogP contribution is -2.11. The summed E-state index contributed by atoms with van der Waals surface area (Å²) in [7, 11) is 0. The van der Waals surface area contributed by atoms with Crippen molar-refractivity contribution in [3.8, 4) is 0 Å². The zero-order valence-corrected chi connectivity index (χ0v) is 8.93. The van der Waals surface area contributed by atoms with Crippen LogP contribution in [0.25, 0.3) is 11.0 Å². The maximum Gasteiger partial charge on any atom is 0.311 e. The van der Waals surface area contributed by atoms with Crippen LogP contribution in [0.5, 0.6) is 0 Å². The zero-order valence-electron chi connectivity index (χ0n) is 8.93. The Bertz CT molecular complexity index is 565. The molecule has 5 nitrogen and oxygen atoms in total. The van der Waals surface area contributed by atoms with E-state index in [1.54, 1.807) is 4.57 Å². The molecular formula is C11H11FN2O3. The van der Waals surface area contributed by atoms with Crippen LogP contribution < -0.4 is 0 Å². The van der Waals surface area contributed by atoms with Crippen molar-refractivity contribution in [2.24, 2.45) is 0 Å². The molecule has 0 saturated heterocycles. The highest BCUT2D eigenvalue weighted by Gasteiger charge is 2.13. The van der Waals surface area contributed by atoms with E-state index >= 15 is 0 Å². The monoisotopic (exact) mass is 238 g/mol. The third kappa shape index (κ3) is 2.26. The van der Waals surface area contributed by atoms with Gasteiger partial charge in [-0.15, -0.1) is 0 Å². The van der Waals surface area contributed by atoms with E-state index in [4.69, 9.17) is 10.2 Å². The Kier molecular flexibility index (Phi) is 3.06. The second-order valence-electron chi connectivity index (χ2n) is 3.61. The van der Waals surface area contributed by atoms with Gasteiger partial charge in [0.2, 0.25) is 0 Å². The topological polar surface area (TPSA) is 75.3 Å². The van der Waals surface area contributed by atoms with E-state index in [1.807, 2.05) is 0 Å². The highest BCUT2D eigenvalue weighted by molar-refractivity contribution is 5.78. The molecule has 2 rings (SSSR count). The highest BCUT2D eigenvalue weighted by Crippen LogP contribution is 2.17. The van der Waals surface area contributed by atoms with Gasteiger partial charge >= 0.3 is 5.97 Å². The van der Waals surface area contributed by atoms with Gasteiger partial charge in [0.1, 0.15) is 18.1 Å². The van der Waals surface area contributed by atoms with Crippen LogP contribution in [0, 0.1) is 5.82 Å². The van der Waals surface area contributed by atoms with Crippen molar-refractivity contribution in [1.29, 1.82) is 0 Å². The van der Waals surface area contributed by atoms with Crippen LogP contribution in [-0.4, -0.2) is 32.3 Å². The Hall–Kier alpha value is -1.95. The number of hydrogen-bond donors (Lipinski definition) is 2. The molecule has 90 valence electrons. The minimum Gasteiger partial charge on any atom is -0.481 e. The Morgan fingerprint density at radius 3 is 2.88 bits per heavy atom. The van der Waals surface area contributed by atoms with E-state index in [0.717, 1.165) is 0 Å². The maximum atomic E-state index is 13.0. The summed E-state index contributed by atoms with van der Waals surface area (Å²) in [6, 6.07) is 4.05. The Labute approximate surface area is 96.1 Å². The molecule has 1 aromatic carbocycles. The first kappa shape index (κ1) is 11.5. The first-order valence-electron chi connectivity index (χ1n) is 5.09. The Balaban J connectivity index is 2.56. The smallest absolute Gasteiger partial charge is 0.311 e. The van der Waals surface area contributed by atoms with Crippen LogP contribution in [0.15, 0.2) is 18.2 Å². The molecule has 2 aromatic rings. The third-order valence-electron chi connectivity index (χ3n) is 2.42. The molecule has 2 N–H and O–H groups in total. The summed E-state index contributed by atoms with van der Waals surface area (Å²) in [6.07, 6.45) is -0.254. The summed E-state index contributed by atoms with van der Waals surface area (Å²) in [5.41, 5.74) is 1.02. The van der Waals surface area contributed by atoms with Gasteiger partial charge in [-0.3, -0.25) is 4.79 Å². The predicted molar refractivity (Wildman–Crippen MR) is 58.1 cm³/mol. The number of imidazole rings is 1. The average Bonchev–Trinajstić information content (AvgIpc) is 2.55. The van der Waals surface area contributed by atoms with E-state index in [1.165, 1.54) is 18.2 Å². The van der Waals surface area contributed by atoms with E-state index in [-0.39, 0.29) is 19.6 Å². The van der Waals surface area contributed by atoms with Gasteiger partial charge in [-0.25, -0.2) is 9.37 Å². The van der Waals surface area contributed by atoms with Gasteiger partial charge in [-0.1, -0.05) is 0 Å². The van der Waals surface area contributed by atoms with Crippen LogP contribution in [0.1, 0.15) is 5.82 Å². The number of halogens is 1. The molecule has 0 fully saturated rings. The molecule has 0 aliphatic rings. The molecule has 1 heterocycles. The van der Waals surface area contributed by atoms with Crippen molar-refractivity contribution in [2.45, 2.75) is 13.0 Å². The molecule has 0 aliphatic heterocycles. The van der Waals surface area contributed by atoms with Crippen molar-refractivity contribution in [1.82, 2.24) is 9.55 Å². The molecule has 0 atom stereocenters. The number of aromatic nitrogens is 2. The predicted octanol–water partition coefficient (Wildman–Crippen LogP) is 0.795. The van der Waals surface area contributed by atoms with E-state index < -0.39 is 11.8 Å². The molecule has 0 radical (unpaired) electrons. The van der Waals surface area contributed by atoms with Crippen LogP contribution >= 0.6 is 0 Å². The van der Waals surface area contributed by atoms with Crippen molar-refractivity contribution >= 4 is 17.0 Å². The number of nitrogens with zero attached hydrogens (tertiary/aromatic N) is 2. The summed E-state index contributed by atoms with van der Waals surface area (Å²) >= 11 is 0. The van der Waals surface area contributed by atoms with Crippen LogP contribution in [0.3, 0.4) is 0 Å². The average molecular weight is 238 g/mol. The van der Waals surface area contributed by atoms with E-state index in [9.17, 15) is 9.18 Å².